The smallest absolute Gasteiger partial charge is 0.337 e. The van der Waals surface area contributed by atoms with Crippen molar-refractivity contribution in [1.82, 2.24) is 9.47 Å². The highest BCUT2D eigenvalue weighted by Crippen LogP contribution is 2.43. The number of fused-ring (bicyclic) bond motifs is 5. The summed E-state index contributed by atoms with van der Waals surface area (Å²) < 4.78 is 7.05. The maximum Gasteiger partial charge on any atom is 0.337 e. The Balaban J connectivity index is 1.48. The van der Waals surface area contributed by atoms with Crippen molar-refractivity contribution in [2.24, 2.45) is 0 Å². The summed E-state index contributed by atoms with van der Waals surface area (Å²) in [6.07, 6.45) is 7.65. The number of hydrogen-bond donors (Lipinski definition) is 1. The standard InChI is InChI=1S/C25H27N3O3S/c1-3-20-21-8-6-14-27(21)23-19(18-7-4-5-9-22(18)32-23)15-28(20)25(30)26-17-12-10-16(11-13-17)24(29)31-2/h6,8,10-14,20H,3-5,7,9,15H2,1-2H3,(H,26,30)/t20-/m1/s1. The summed E-state index contributed by atoms with van der Waals surface area (Å²) in [6, 6.07) is 10.9. The molecule has 6 nitrogen and oxygen atoms in total. The van der Waals surface area contributed by atoms with Crippen LogP contribution in [-0.2, 0) is 24.1 Å². The molecule has 166 valence electrons. The van der Waals surface area contributed by atoms with Crippen molar-refractivity contribution in [1.29, 1.82) is 0 Å². The molecule has 0 radical (unpaired) electrons. The second-order valence-corrected chi connectivity index (χ2v) is 9.43. The highest BCUT2D eigenvalue weighted by molar-refractivity contribution is 7.15. The fourth-order valence-electron chi connectivity index (χ4n) is 4.91. The molecule has 3 heterocycles. The van der Waals surface area contributed by atoms with Crippen LogP contribution in [0.4, 0.5) is 10.5 Å². The molecule has 0 spiro atoms. The van der Waals surface area contributed by atoms with Gasteiger partial charge in [0.2, 0.25) is 0 Å². The Labute approximate surface area is 191 Å². The SMILES string of the molecule is CC[C@@H]1c2cccn2-c2sc3c(c2CN1C(=O)Nc1ccc(C(=O)OC)cc1)CCCC3. The van der Waals surface area contributed by atoms with Gasteiger partial charge in [-0.25, -0.2) is 9.59 Å². The lowest BCUT2D eigenvalue weighted by molar-refractivity contribution is 0.0600. The number of aryl methyl sites for hydroxylation is 1. The Bertz CT molecular complexity index is 1160. The number of amides is 2. The van der Waals surface area contributed by atoms with Crippen LogP contribution < -0.4 is 5.32 Å². The van der Waals surface area contributed by atoms with E-state index in [1.807, 2.05) is 16.2 Å². The predicted octanol–water partition coefficient (Wildman–Crippen LogP) is 5.70. The number of nitrogens with one attached hydrogen (secondary N) is 1. The number of ether oxygens (including phenoxy) is 1. The Hall–Kier alpha value is -3.06. The molecule has 1 aliphatic heterocycles. The molecule has 0 unspecified atom stereocenters. The van der Waals surface area contributed by atoms with E-state index in [0.717, 1.165) is 25.0 Å². The molecule has 5 rings (SSSR count). The van der Waals surface area contributed by atoms with Crippen LogP contribution in [-0.4, -0.2) is 28.6 Å². The zero-order valence-electron chi connectivity index (χ0n) is 18.4. The number of nitrogens with zero attached hydrogens (tertiary/aromatic N) is 2. The van der Waals surface area contributed by atoms with Gasteiger partial charge in [-0.2, -0.15) is 0 Å². The molecule has 2 amide bonds. The van der Waals surface area contributed by atoms with Gasteiger partial charge in [-0.05, 0) is 74.1 Å². The third-order valence-corrected chi connectivity index (χ3v) is 7.84. The lowest BCUT2D eigenvalue weighted by Crippen LogP contribution is -2.37. The molecule has 7 heteroatoms. The van der Waals surface area contributed by atoms with Crippen molar-refractivity contribution in [2.45, 2.75) is 51.6 Å². The minimum absolute atomic E-state index is 0.0156. The lowest BCUT2D eigenvalue weighted by Gasteiger charge is -2.30. The highest BCUT2D eigenvalue weighted by atomic mass is 32.1. The van der Waals surface area contributed by atoms with Crippen LogP contribution in [0.25, 0.3) is 5.00 Å². The molecule has 2 aliphatic rings. The van der Waals surface area contributed by atoms with E-state index in [2.05, 4.69) is 35.1 Å². The number of carbonyl (C=O) groups excluding carboxylic acids is 2. The number of methoxy groups -OCH3 is 1. The molecule has 0 bridgehead atoms. The Morgan fingerprint density at radius 3 is 2.66 bits per heavy atom. The summed E-state index contributed by atoms with van der Waals surface area (Å²) in [7, 11) is 1.36. The second kappa shape index (κ2) is 8.47. The molecule has 1 aromatic carbocycles. The van der Waals surface area contributed by atoms with Crippen molar-refractivity contribution in [3.05, 3.63) is 69.9 Å². The third kappa shape index (κ3) is 3.50. The molecule has 0 fully saturated rings. The number of hydrogen-bond acceptors (Lipinski definition) is 4. The molecule has 0 saturated carbocycles. The zero-order chi connectivity index (χ0) is 22.2. The van der Waals surface area contributed by atoms with Crippen LogP contribution in [0.2, 0.25) is 0 Å². The number of thiophene rings is 1. The Kier molecular flexibility index (Phi) is 5.51. The van der Waals surface area contributed by atoms with Gasteiger partial charge in [0.25, 0.3) is 0 Å². The molecular weight excluding hydrogens is 422 g/mol. The second-order valence-electron chi connectivity index (χ2n) is 8.35. The van der Waals surface area contributed by atoms with Gasteiger partial charge >= 0.3 is 12.0 Å². The normalized spacial score (nSPS) is 17.1. The van der Waals surface area contributed by atoms with Gasteiger partial charge in [-0.1, -0.05) is 6.92 Å². The van der Waals surface area contributed by atoms with Gasteiger partial charge < -0.3 is 19.5 Å². The van der Waals surface area contributed by atoms with Crippen LogP contribution in [0.5, 0.6) is 0 Å². The third-order valence-electron chi connectivity index (χ3n) is 6.51. The first-order valence-electron chi connectivity index (χ1n) is 11.2. The molecule has 1 atom stereocenters. The summed E-state index contributed by atoms with van der Waals surface area (Å²) in [6.45, 7) is 2.73. The van der Waals surface area contributed by atoms with E-state index in [9.17, 15) is 9.59 Å². The summed E-state index contributed by atoms with van der Waals surface area (Å²) in [5.41, 5.74) is 5.02. The molecule has 1 N–H and O–H groups in total. The quantitative estimate of drug-likeness (QED) is 0.522. The maximum atomic E-state index is 13.5. The summed E-state index contributed by atoms with van der Waals surface area (Å²) in [5, 5.41) is 4.31. The molecule has 32 heavy (non-hydrogen) atoms. The largest absolute Gasteiger partial charge is 0.465 e. The Morgan fingerprint density at radius 1 is 1.12 bits per heavy atom. The fraction of sp³-hybridized carbons (Fsp3) is 0.360. The number of anilines is 1. The van der Waals surface area contributed by atoms with Crippen molar-refractivity contribution in [3.8, 4) is 5.00 Å². The number of carbonyl (C=O) groups is 2. The topological polar surface area (TPSA) is 63.6 Å². The van der Waals surface area contributed by atoms with Crippen molar-refractivity contribution in [2.75, 3.05) is 12.4 Å². The highest BCUT2D eigenvalue weighted by Gasteiger charge is 2.34. The molecule has 3 aromatic rings. The van der Waals surface area contributed by atoms with Crippen LogP contribution in [0.3, 0.4) is 0 Å². The summed E-state index contributed by atoms with van der Waals surface area (Å²) in [5.74, 6) is -0.392. The zero-order valence-corrected chi connectivity index (χ0v) is 19.2. The number of rotatable bonds is 3. The monoisotopic (exact) mass is 449 g/mol. The first-order chi connectivity index (χ1) is 15.6. The Morgan fingerprint density at radius 2 is 1.91 bits per heavy atom. The number of aromatic nitrogens is 1. The van der Waals surface area contributed by atoms with E-state index in [-0.39, 0.29) is 12.1 Å². The number of urea groups is 1. The first-order valence-corrected chi connectivity index (χ1v) is 12.0. The van der Waals surface area contributed by atoms with Gasteiger partial charge in [-0.3, -0.25) is 0 Å². The van der Waals surface area contributed by atoms with Gasteiger partial charge in [0.15, 0.2) is 0 Å². The number of benzene rings is 1. The summed E-state index contributed by atoms with van der Waals surface area (Å²) >= 11 is 1.90. The maximum absolute atomic E-state index is 13.5. The predicted molar refractivity (Wildman–Crippen MR) is 126 cm³/mol. The fourth-order valence-corrected chi connectivity index (χ4v) is 6.31. The van der Waals surface area contributed by atoms with Crippen molar-refractivity contribution < 1.29 is 14.3 Å². The van der Waals surface area contributed by atoms with Crippen LogP contribution in [0, 0.1) is 0 Å². The van der Waals surface area contributed by atoms with Crippen LogP contribution in [0.1, 0.15) is 64.3 Å². The number of esters is 1. The van der Waals surface area contributed by atoms with Crippen LogP contribution >= 0.6 is 11.3 Å². The minimum atomic E-state index is -0.392. The summed E-state index contributed by atoms with van der Waals surface area (Å²) in [4.78, 5) is 28.7. The van der Waals surface area contributed by atoms with Gasteiger partial charge in [0.05, 0.1) is 25.3 Å². The molecule has 2 aromatic heterocycles. The van der Waals surface area contributed by atoms with E-state index in [1.165, 1.54) is 41.0 Å². The molecule has 1 aliphatic carbocycles. The van der Waals surface area contributed by atoms with E-state index >= 15 is 0 Å². The van der Waals surface area contributed by atoms with Gasteiger partial charge in [-0.15, -0.1) is 11.3 Å². The van der Waals surface area contributed by atoms with Crippen molar-refractivity contribution in [3.63, 3.8) is 0 Å². The minimum Gasteiger partial charge on any atom is -0.465 e. The average molecular weight is 450 g/mol. The average Bonchev–Trinajstić information content (AvgIpc) is 3.41. The van der Waals surface area contributed by atoms with Crippen molar-refractivity contribution >= 4 is 29.0 Å². The van der Waals surface area contributed by atoms with E-state index in [4.69, 9.17) is 4.74 Å². The van der Waals surface area contributed by atoms with E-state index < -0.39 is 5.97 Å². The van der Waals surface area contributed by atoms with Gasteiger partial charge in [0.1, 0.15) is 5.00 Å². The first kappa shape index (κ1) is 20.8. The van der Waals surface area contributed by atoms with Gasteiger partial charge in [0, 0.05) is 28.0 Å². The molecule has 0 saturated heterocycles. The van der Waals surface area contributed by atoms with Crippen LogP contribution in [0.15, 0.2) is 42.6 Å². The lowest BCUT2D eigenvalue weighted by atomic mass is 9.95. The van der Waals surface area contributed by atoms with E-state index in [1.54, 1.807) is 24.3 Å². The van der Waals surface area contributed by atoms with E-state index in [0.29, 0.717) is 17.8 Å². The molecular formula is C25H27N3O3S.